The highest BCUT2D eigenvalue weighted by atomic mass is 16.5. The first-order chi connectivity index (χ1) is 9.59. The summed E-state index contributed by atoms with van der Waals surface area (Å²) in [5.41, 5.74) is 2.41. The Kier molecular flexibility index (Phi) is 4.82. The number of ether oxygens (including phenoxy) is 1. The molecule has 0 aliphatic rings. The van der Waals surface area contributed by atoms with Gasteiger partial charge >= 0.3 is 7.12 Å². The van der Waals surface area contributed by atoms with E-state index in [1.807, 2.05) is 36.4 Å². The lowest BCUT2D eigenvalue weighted by Gasteiger charge is -2.15. The zero-order valence-electron chi connectivity index (χ0n) is 11.8. The van der Waals surface area contributed by atoms with E-state index in [0.717, 1.165) is 16.9 Å². The van der Waals surface area contributed by atoms with Gasteiger partial charge in [-0.05, 0) is 28.6 Å². The molecule has 0 unspecified atom stereocenters. The molecule has 0 atom stereocenters. The SMILES string of the molecule is CC(C)c1ccccc1OCc1ccccc1B(O)O. The van der Waals surface area contributed by atoms with Gasteiger partial charge in [0, 0.05) is 0 Å². The van der Waals surface area contributed by atoms with E-state index >= 15 is 0 Å². The van der Waals surface area contributed by atoms with Gasteiger partial charge in [-0.2, -0.15) is 0 Å². The monoisotopic (exact) mass is 270 g/mol. The van der Waals surface area contributed by atoms with Gasteiger partial charge in [0.25, 0.3) is 0 Å². The summed E-state index contributed by atoms with van der Waals surface area (Å²) in [4.78, 5) is 0. The van der Waals surface area contributed by atoms with E-state index in [1.165, 1.54) is 0 Å². The van der Waals surface area contributed by atoms with Crippen LogP contribution in [0.2, 0.25) is 0 Å². The van der Waals surface area contributed by atoms with Gasteiger partial charge in [0.1, 0.15) is 12.4 Å². The standard InChI is InChI=1S/C16H19BO3/c1-12(2)14-8-4-6-10-16(14)20-11-13-7-3-5-9-15(13)17(18)19/h3-10,12,18-19H,11H2,1-2H3. The molecule has 0 spiro atoms. The maximum Gasteiger partial charge on any atom is 0.488 e. The van der Waals surface area contributed by atoms with Gasteiger partial charge in [0.05, 0.1) is 0 Å². The number of benzene rings is 2. The molecule has 104 valence electrons. The lowest BCUT2D eigenvalue weighted by molar-refractivity contribution is 0.302. The third-order valence-electron chi connectivity index (χ3n) is 3.26. The maximum atomic E-state index is 9.34. The number of hydrogen-bond donors (Lipinski definition) is 2. The van der Waals surface area contributed by atoms with Gasteiger partial charge in [0.2, 0.25) is 0 Å². The summed E-state index contributed by atoms with van der Waals surface area (Å²) >= 11 is 0. The van der Waals surface area contributed by atoms with E-state index in [4.69, 9.17) is 4.74 Å². The molecule has 0 saturated carbocycles. The first kappa shape index (κ1) is 14.6. The maximum absolute atomic E-state index is 9.34. The molecule has 0 heterocycles. The van der Waals surface area contributed by atoms with Gasteiger partial charge in [-0.25, -0.2) is 0 Å². The van der Waals surface area contributed by atoms with Crippen LogP contribution in [-0.2, 0) is 6.61 Å². The van der Waals surface area contributed by atoms with Gasteiger partial charge in [0.15, 0.2) is 0 Å². The number of rotatable bonds is 5. The van der Waals surface area contributed by atoms with Crippen molar-refractivity contribution in [2.24, 2.45) is 0 Å². The van der Waals surface area contributed by atoms with E-state index in [0.29, 0.717) is 18.0 Å². The van der Waals surface area contributed by atoms with Crippen LogP contribution in [0.4, 0.5) is 0 Å². The van der Waals surface area contributed by atoms with Crippen LogP contribution in [0.1, 0.15) is 30.9 Å². The molecule has 0 saturated heterocycles. The fourth-order valence-electron chi connectivity index (χ4n) is 2.16. The minimum Gasteiger partial charge on any atom is -0.489 e. The zero-order valence-corrected chi connectivity index (χ0v) is 11.8. The summed E-state index contributed by atoms with van der Waals surface area (Å²) in [6, 6.07) is 15.1. The molecule has 2 rings (SSSR count). The van der Waals surface area contributed by atoms with Crippen molar-refractivity contribution in [3.63, 3.8) is 0 Å². The topological polar surface area (TPSA) is 49.7 Å². The molecule has 0 radical (unpaired) electrons. The highest BCUT2D eigenvalue weighted by Gasteiger charge is 2.16. The molecule has 2 N–H and O–H groups in total. The van der Waals surface area contributed by atoms with Crippen molar-refractivity contribution in [1.82, 2.24) is 0 Å². The Hall–Kier alpha value is -1.78. The fraction of sp³-hybridized carbons (Fsp3) is 0.250. The fourth-order valence-corrected chi connectivity index (χ4v) is 2.16. The predicted molar refractivity (Wildman–Crippen MR) is 81.1 cm³/mol. The van der Waals surface area contributed by atoms with E-state index in [1.54, 1.807) is 12.1 Å². The second-order valence-electron chi connectivity index (χ2n) is 5.05. The second kappa shape index (κ2) is 6.59. The largest absolute Gasteiger partial charge is 0.489 e. The van der Waals surface area contributed by atoms with Crippen molar-refractivity contribution in [3.8, 4) is 5.75 Å². The normalized spacial score (nSPS) is 10.7. The van der Waals surface area contributed by atoms with Crippen molar-refractivity contribution in [1.29, 1.82) is 0 Å². The van der Waals surface area contributed by atoms with Crippen LogP contribution in [0.15, 0.2) is 48.5 Å². The van der Waals surface area contributed by atoms with Crippen LogP contribution >= 0.6 is 0 Å². The molecule has 0 aliphatic heterocycles. The van der Waals surface area contributed by atoms with E-state index in [-0.39, 0.29) is 0 Å². The summed E-state index contributed by atoms with van der Waals surface area (Å²) in [6.45, 7) is 4.55. The Balaban J connectivity index is 2.17. The molecule has 0 amide bonds. The number of hydrogen-bond acceptors (Lipinski definition) is 3. The highest BCUT2D eigenvalue weighted by molar-refractivity contribution is 6.59. The average Bonchev–Trinajstić information content (AvgIpc) is 2.45. The lowest BCUT2D eigenvalue weighted by atomic mass is 9.77. The van der Waals surface area contributed by atoms with Crippen molar-refractivity contribution in [2.45, 2.75) is 26.4 Å². The lowest BCUT2D eigenvalue weighted by Crippen LogP contribution is -2.33. The molecular formula is C16H19BO3. The van der Waals surface area contributed by atoms with E-state index in [2.05, 4.69) is 13.8 Å². The van der Waals surface area contributed by atoms with Gasteiger partial charge in [-0.3, -0.25) is 0 Å². The molecule has 0 aromatic heterocycles. The van der Waals surface area contributed by atoms with Crippen LogP contribution in [0.3, 0.4) is 0 Å². The summed E-state index contributed by atoms with van der Waals surface area (Å²) in [5, 5.41) is 18.7. The minimum absolute atomic E-state index is 0.317. The molecule has 2 aromatic rings. The van der Waals surface area contributed by atoms with Gasteiger partial charge < -0.3 is 14.8 Å². The molecule has 0 fully saturated rings. The molecule has 20 heavy (non-hydrogen) atoms. The van der Waals surface area contributed by atoms with Crippen molar-refractivity contribution < 1.29 is 14.8 Å². The Bertz CT molecular complexity index is 516. The predicted octanol–water partition coefficient (Wildman–Crippen LogP) is 2.07. The first-order valence-corrected chi connectivity index (χ1v) is 6.75. The van der Waals surface area contributed by atoms with Crippen LogP contribution in [0, 0.1) is 0 Å². The van der Waals surface area contributed by atoms with Crippen LogP contribution in [-0.4, -0.2) is 17.2 Å². The smallest absolute Gasteiger partial charge is 0.488 e. The van der Waals surface area contributed by atoms with Crippen LogP contribution in [0.25, 0.3) is 0 Å². The third-order valence-corrected chi connectivity index (χ3v) is 3.26. The Morgan fingerprint density at radius 3 is 2.35 bits per heavy atom. The molecule has 2 aromatic carbocycles. The van der Waals surface area contributed by atoms with Crippen LogP contribution in [0.5, 0.6) is 5.75 Å². The molecule has 3 nitrogen and oxygen atoms in total. The molecule has 0 bridgehead atoms. The van der Waals surface area contributed by atoms with E-state index < -0.39 is 7.12 Å². The molecule has 0 aliphatic carbocycles. The van der Waals surface area contributed by atoms with Gasteiger partial charge in [-0.15, -0.1) is 0 Å². The summed E-state index contributed by atoms with van der Waals surface area (Å²) in [7, 11) is -1.48. The van der Waals surface area contributed by atoms with Crippen molar-refractivity contribution in [2.75, 3.05) is 0 Å². The Morgan fingerprint density at radius 1 is 1.00 bits per heavy atom. The third kappa shape index (κ3) is 3.41. The summed E-state index contributed by atoms with van der Waals surface area (Å²) in [5.74, 6) is 1.22. The Labute approximate surface area is 120 Å². The first-order valence-electron chi connectivity index (χ1n) is 6.75. The second-order valence-corrected chi connectivity index (χ2v) is 5.05. The summed E-state index contributed by atoms with van der Waals surface area (Å²) in [6.07, 6.45) is 0. The zero-order chi connectivity index (χ0) is 14.5. The van der Waals surface area contributed by atoms with Gasteiger partial charge in [-0.1, -0.05) is 56.3 Å². The summed E-state index contributed by atoms with van der Waals surface area (Å²) < 4.78 is 5.85. The van der Waals surface area contributed by atoms with E-state index in [9.17, 15) is 10.0 Å². The van der Waals surface area contributed by atoms with Crippen molar-refractivity contribution >= 4 is 12.6 Å². The van der Waals surface area contributed by atoms with Crippen LogP contribution < -0.4 is 10.2 Å². The number of para-hydroxylation sites is 1. The quantitative estimate of drug-likeness (QED) is 0.818. The average molecular weight is 270 g/mol. The Morgan fingerprint density at radius 2 is 1.65 bits per heavy atom. The molecular weight excluding hydrogens is 251 g/mol. The van der Waals surface area contributed by atoms with Crippen molar-refractivity contribution in [3.05, 3.63) is 59.7 Å². The molecule has 4 heteroatoms. The minimum atomic E-state index is -1.48. The highest BCUT2D eigenvalue weighted by Crippen LogP contribution is 2.26.